The molecule has 2 aromatic carbocycles. The van der Waals surface area contributed by atoms with E-state index in [1.807, 2.05) is 33.8 Å². The van der Waals surface area contributed by atoms with Crippen molar-refractivity contribution >= 4 is 11.1 Å². The van der Waals surface area contributed by atoms with Crippen LogP contribution in [0.25, 0.3) is 11.1 Å². The summed E-state index contributed by atoms with van der Waals surface area (Å²) in [4.78, 5) is 0. The molecular formula is C27H40. The van der Waals surface area contributed by atoms with Crippen molar-refractivity contribution in [1.82, 2.24) is 0 Å². The first-order chi connectivity index (χ1) is 12.3. The Morgan fingerprint density at radius 3 is 1.74 bits per heavy atom. The van der Waals surface area contributed by atoms with Crippen LogP contribution >= 0.6 is 0 Å². The molecule has 0 fully saturated rings. The second-order valence-electron chi connectivity index (χ2n) is 6.32. The zero-order valence-corrected chi connectivity index (χ0v) is 18.0. The molecule has 0 saturated heterocycles. The van der Waals surface area contributed by atoms with E-state index in [0.717, 1.165) is 5.57 Å². The van der Waals surface area contributed by atoms with Gasteiger partial charge in [-0.15, -0.1) is 0 Å². The fourth-order valence-corrected chi connectivity index (χ4v) is 2.25. The van der Waals surface area contributed by atoms with Gasteiger partial charge in [-0.3, -0.25) is 0 Å². The lowest BCUT2D eigenvalue weighted by Gasteiger charge is -2.03. The van der Waals surface area contributed by atoms with Crippen LogP contribution in [0.2, 0.25) is 0 Å². The minimum Gasteiger partial charge on any atom is -0.0955 e. The van der Waals surface area contributed by atoms with Crippen LogP contribution in [0.5, 0.6) is 0 Å². The Hall–Kier alpha value is -2.34. The topological polar surface area (TPSA) is 0 Å². The molecule has 0 aliphatic rings. The number of rotatable bonds is 3. The maximum absolute atomic E-state index is 3.92. The van der Waals surface area contributed by atoms with Crippen molar-refractivity contribution < 1.29 is 0 Å². The fraction of sp³-hybridized carbons (Fsp3) is 0.333. The van der Waals surface area contributed by atoms with Crippen molar-refractivity contribution in [1.29, 1.82) is 0 Å². The average Bonchev–Trinajstić information content (AvgIpc) is 2.65. The Balaban J connectivity index is 0. The van der Waals surface area contributed by atoms with E-state index in [9.17, 15) is 0 Å². The molecule has 0 spiro atoms. The number of hydrogen-bond donors (Lipinski definition) is 0. The van der Waals surface area contributed by atoms with Crippen molar-refractivity contribution in [2.75, 3.05) is 0 Å². The smallest absolute Gasteiger partial charge is 0.0227 e. The number of aryl methyl sites for hydroxylation is 3. The Labute approximate surface area is 169 Å². The summed E-state index contributed by atoms with van der Waals surface area (Å²) in [6.07, 6.45) is 6.21. The van der Waals surface area contributed by atoms with E-state index in [2.05, 4.69) is 88.9 Å². The molecule has 148 valence electrons. The molecule has 2 rings (SSSR count). The van der Waals surface area contributed by atoms with Gasteiger partial charge in [-0.25, -0.2) is 0 Å². The highest BCUT2D eigenvalue weighted by molar-refractivity contribution is 5.68. The average molecular weight is 365 g/mol. The maximum atomic E-state index is 3.92. The Kier molecular flexibility index (Phi) is 14.7. The summed E-state index contributed by atoms with van der Waals surface area (Å²) in [7, 11) is 0. The summed E-state index contributed by atoms with van der Waals surface area (Å²) in [5.41, 5.74) is 8.96. The molecule has 0 N–H and O–H groups in total. The molecule has 0 heterocycles. The van der Waals surface area contributed by atoms with Crippen LogP contribution in [0.15, 0.2) is 67.3 Å². The second kappa shape index (κ2) is 14.8. The van der Waals surface area contributed by atoms with Crippen molar-refractivity contribution in [3.8, 4) is 0 Å². The molecule has 0 atom stereocenters. The minimum absolute atomic E-state index is 0. The highest BCUT2D eigenvalue weighted by Crippen LogP contribution is 2.17. The zero-order valence-electron chi connectivity index (χ0n) is 18.0. The monoisotopic (exact) mass is 364 g/mol. The van der Waals surface area contributed by atoms with Crippen LogP contribution in [-0.4, -0.2) is 0 Å². The summed E-state index contributed by atoms with van der Waals surface area (Å²) in [5.74, 6) is 0. The largest absolute Gasteiger partial charge is 0.0955 e. The number of benzene rings is 2. The molecule has 27 heavy (non-hydrogen) atoms. The zero-order chi connectivity index (χ0) is 20.1. The van der Waals surface area contributed by atoms with E-state index in [-0.39, 0.29) is 7.43 Å². The summed E-state index contributed by atoms with van der Waals surface area (Å²) in [5, 5.41) is 0. The standard InChI is InChI=1S/C15H18.C9H12.C2H6.CH4/c1-5-6-7-13(4)15-10-8-14(9-11-15)12(2)3;1-7-4-5-8(2)9(3)6-7;1-2;/h5-11H,2H2,1,3-4H3;4-6H,1-3H3;1-2H3;1H4/b6-5-,13-7+;;;. The van der Waals surface area contributed by atoms with Crippen LogP contribution in [0.3, 0.4) is 0 Å². The van der Waals surface area contributed by atoms with Gasteiger partial charge in [0.25, 0.3) is 0 Å². The molecule has 0 radical (unpaired) electrons. The van der Waals surface area contributed by atoms with Crippen LogP contribution in [0.1, 0.15) is 69.9 Å². The Bertz CT molecular complexity index is 725. The van der Waals surface area contributed by atoms with E-state index in [0.29, 0.717) is 0 Å². The van der Waals surface area contributed by atoms with Crippen molar-refractivity contribution in [2.24, 2.45) is 0 Å². The molecule has 0 aromatic heterocycles. The van der Waals surface area contributed by atoms with Gasteiger partial charge in [-0.05, 0) is 69.4 Å². The molecule has 0 nitrogen and oxygen atoms in total. The third-order valence-corrected chi connectivity index (χ3v) is 4.03. The van der Waals surface area contributed by atoms with Gasteiger partial charge in [0.05, 0.1) is 0 Å². The van der Waals surface area contributed by atoms with Crippen molar-refractivity contribution in [2.45, 2.75) is 62.8 Å². The van der Waals surface area contributed by atoms with E-state index >= 15 is 0 Å². The maximum Gasteiger partial charge on any atom is -0.0227 e. The number of hydrogen-bond acceptors (Lipinski definition) is 0. The lowest BCUT2D eigenvalue weighted by Crippen LogP contribution is -1.81. The third-order valence-electron chi connectivity index (χ3n) is 4.03. The van der Waals surface area contributed by atoms with Gasteiger partial charge in [0, 0.05) is 0 Å². The summed E-state index contributed by atoms with van der Waals surface area (Å²) < 4.78 is 0. The second-order valence-corrected chi connectivity index (χ2v) is 6.32. The van der Waals surface area contributed by atoms with Gasteiger partial charge in [-0.1, -0.05) is 99.7 Å². The highest BCUT2D eigenvalue weighted by Gasteiger charge is 1.96. The quantitative estimate of drug-likeness (QED) is 0.477. The molecule has 0 saturated carbocycles. The summed E-state index contributed by atoms with van der Waals surface area (Å²) in [6.45, 7) is 20.5. The highest BCUT2D eigenvalue weighted by atomic mass is 14.0. The summed E-state index contributed by atoms with van der Waals surface area (Å²) in [6, 6.07) is 15.0. The van der Waals surface area contributed by atoms with Gasteiger partial charge < -0.3 is 0 Å². The van der Waals surface area contributed by atoms with Crippen LogP contribution in [0, 0.1) is 20.8 Å². The first kappa shape index (κ1) is 26.9. The molecule has 0 aliphatic heterocycles. The molecule has 0 bridgehead atoms. The van der Waals surface area contributed by atoms with Gasteiger partial charge in [0.2, 0.25) is 0 Å². The van der Waals surface area contributed by atoms with Gasteiger partial charge in [0.15, 0.2) is 0 Å². The van der Waals surface area contributed by atoms with Crippen LogP contribution in [-0.2, 0) is 0 Å². The molecule has 0 unspecified atom stereocenters. The predicted octanol–water partition coefficient (Wildman–Crippen LogP) is 8.97. The van der Waals surface area contributed by atoms with Gasteiger partial charge in [-0.2, -0.15) is 0 Å². The fourth-order valence-electron chi connectivity index (χ4n) is 2.25. The first-order valence-corrected chi connectivity index (χ1v) is 9.45. The lowest BCUT2D eigenvalue weighted by atomic mass is 10.0. The van der Waals surface area contributed by atoms with Crippen LogP contribution in [0.4, 0.5) is 0 Å². The third kappa shape index (κ3) is 10.4. The molecule has 0 amide bonds. The van der Waals surface area contributed by atoms with Gasteiger partial charge in [0.1, 0.15) is 0 Å². The Morgan fingerprint density at radius 1 is 0.815 bits per heavy atom. The molecule has 2 aromatic rings. The van der Waals surface area contributed by atoms with Gasteiger partial charge >= 0.3 is 0 Å². The first-order valence-electron chi connectivity index (χ1n) is 9.45. The minimum atomic E-state index is 0. The normalized spacial score (nSPS) is 10.1. The SMILES string of the molecule is C.C=C(C)c1ccc(/C(C)=C/C=C\C)cc1.CC.Cc1ccc(C)c(C)c1. The summed E-state index contributed by atoms with van der Waals surface area (Å²) >= 11 is 0. The number of allylic oxidation sites excluding steroid dienone is 5. The lowest BCUT2D eigenvalue weighted by molar-refractivity contribution is 1.30. The van der Waals surface area contributed by atoms with E-state index in [1.165, 1.54) is 33.4 Å². The molecular weight excluding hydrogens is 324 g/mol. The molecule has 0 heteroatoms. The predicted molar refractivity (Wildman–Crippen MR) is 128 cm³/mol. The van der Waals surface area contributed by atoms with E-state index in [4.69, 9.17) is 0 Å². The van der Waals surface area contributed by atoms with E-state index in [1.54, 1.807) is 0 Å². The Morgan fingerprint density at radius 2 is 1.33 bits per heavy atom. The van der Waals surface area contributed by atoms with Crippen LogP contribution < -0.4 is 0 Å². The van der Waals surface area contributed by atoms with E-state index < -0.39 is 0 Å². The molecule has 0 aliphatic carbocycles. The van der Waals surface area contributed by atoms with Crippen molar-refractivity contribution in [3.05, 3.63) is 95.1 Å². The van der Waals surface area contributed by atoms with Crippen molar-refractivity contribution in [3.63, 3.8) is 0 Å².